The van der Waals surface area contributed by atoms with Crippen LogP contribution in [-0.4, -0.2) is 14.8 Å². The van der Waals surface area contributed by atoms with Gasteiger partial charge in [-0.15, -0.1) is 0 Å². The maximum Gasteiger partial charge on any atom is 0.347 e. The van der Waals surface area contributed by atoms with Crippen molar-refractivity contribution in [3.63, 3.8) is 0 Å². The number of benzene rings is 1. The fraction of sp³-hybridized carbons (Fsp3) is 0.273. The van der Waals surface area contributed by atoms with Gasteiger partial charge in [-0.25, -0.2) is 14.5 Å². The molecule has 1 heterocycles. The van der Waals surface area contributed by atoms with Crippen LogP contribution in [0.25, 0.3) is 5.69 Å². The van der Waals surface area contributed by atoms with E-state index < -0.39 is 5.54 Å². The zero-order chi connectivity index (χ0) is 12.6. The molecule has 0 spiro atoms. The van der Waals surface area contributed by atoms with Gasteiger partial charge in [-0.1, -0.05) is 11.6 Å². The van der Waals surface area contributed by atoms with Gasteiger partial charge in [-0.2, -0.15) is 5.10 Å². The Morgan fingerprint density at radius 3 is 2.47 bits per heavy atom. The summed E-state index contributed by atoms with van der Waals surface area (Å²) in [5.74, 6) is 0.477. The third-order valence-electron chi connectivity index (χ3n) is 2.33. The van der Waals surface area contributed by atoms with Crippen molar-refractivity contribution in [3.05, 3.63) is 45.6 Å². The highest BCUT2D eigenvalue weighted by molar-refractivity contribution is 6.30. The average Bonchev–Trinajstić information content (AvgIpc) is 2.61. The van der Waals surface area contributed by atoms with Gasteiger partial charge in [0.05, 0.1) is 11.2 Å². The summed E-state index contributed by atoms with van der Waals surface area (Å²) in [5.41, 5.74) is 5.62. The maximum atomic E-state index is 11.7. The third-order valence-corrected chi connectivity index (χ3v) is 2.59. The molecule has 0 aliphatic rings. The predicted molar refractivity (Wildman–Crippen MR) is 66.4 cm³/mol. The van der Waals surface area contributed by atoms with E-state index in [0.29, 0.717) is 16.5 Å². The van der Waals surface area contributed by atoms with Crippen LogP contribution in [0.2, 0.25) is 5.02 Å². The highest BCUT2D eigenvalue weighted by Gasteiger charge is 2.23. The molecule has 0 bridgehead atoms. The third kappa shape index (κ3) is 2.25. The van der Waals surface area contributed by atoms with E-state index >= 15 is 0 Å². The SMILES string of the molecule is CC(C)(N)c1n[nH]c(=O)n1-c1ccc(Cl)cc1. The first-order valence-corrected chi connectivity index (χ1v) is 5.50. The van der Waals surface area contributed by atoms with E-state index in [0.717, 1.165) is 0 Å². The van der Waals surface area contributed by atoms with Crippen molar-refractivity contribution < 1.29 is 0 Å². The molecule has 90 valence electrons. The Labute approximate surface area is 103 Å². The summed E-state index contributed by atoms with van der Waals surface area (Å²) >= 11 is 5.81. The molecule has 0 aliphatic heterocycles. The lowest BCUT2D eigenvalue weighted by Crippen LogP contribution is -2.34. The smallest absolute Gasteiger partial charge is 0.319 e. The summed E-state index contributed by atoms with van der Waals surface area (Å²) in [6.45, 7) is 3.57. The minimum atomic E-state index is -0.710. The monoisotopic (exact) mass is 252 g/mol. The first-order valence-electron chi connectivity index (χ1n) is 5.12. The number of rotatable bonds is 2. The van der Waals surface area contributed by atoms with E-state index in [1.807, 2.05) is 0 Å². The van der Waals surface area contributed by atoms with Crippen LogP contribution in [0.5, 0.6) is 0 Å². The van der Waals surface area contributed by atoms with E-state index in [1.54, 1.807) is 38.1 Å². The molecule has 3 N–H and O–H groups in total. The first kappa shape index (κ1) is 11.9. The average molecular weight is 253 g/mol. The largest absolute Gasteiger partial charge is 0.347 e. The summed E-state index contributed by atoms with van der Waals surface area (Å²) in [6, 6.07) is 6.91. The summed E-state index contributed by atoms with van der Waals surface area (Å²) in [6.07, 6.45) is 0. The summed E-state index contributed by atoms with van der Waals surface area (Å²) < 4.78 is 1.44. The molecule has 5 nitrogen and oxygen atoms in total. The van der Waals surface area contributed by atoms with Crippen molar-refractivity contribution in [2.24, 2.45) is 5.73 Å². The van der Waals surface area contributed by atoms with Crippen molar-refractivity contribution in [1.29, 1.82) is 0 Å². The van der Waals surface area contributed by atoms with Crippen molar-refractivity contribution in [1.82, 2.24) is 14.8 Å². The van der Waals surface area contributed by atoms with E-state index in [4.69, 9.17) is 17.3 Å². The standard InChI is InChI=1S/C11H13ClN4O/c1-11(2,13)9-14-15-10(17)16(9)8-5-3-7(12)4-6-8/h3-6H,13H2,1-2H3,(H,15,17). The van der Waals surface area contributed by atoms with Gasteiger partial charge in [-0.05, 0) is 38.1 Å². The molecule has 17 heavy (non-hydrogen) atoms. The Balaban J connectivity index is 2.63. The highest BCUT2D eigenvalue weighted by Crippen LogP contribution is 2.18. The number of aromatic nitrogens is 3. The molecular formula is C11H13ClN4O. The summed E-state index contributed by atoms with van der Waals surface area (Å²) in [7, 11) is 0. The summed E-state index contributed by atoms with van der Waals surface area (Å²) in [5, 5.41) is 6.96. The number of aromatic amines is 1. The molecule has 6 heteroatoms. The number of nitrogens with zero attached hydrogens (tertiary/aromatic N) is 2. The van der Waals surface area contributed by atoms with Crippen LogP contribution in [0.3, 0.4) is 0 Å². The van der Waals surface area contributed by atoms with Crippen LogP contribution < -0.4 is 11.4 Å². The van der Waals surface area contributed by atoms with Crippen LogP contribution in [0, 0.1) is 0 Å². The molecule has 0 unspecified atom stereocenters. The number of nitrogens with two attached hydrogens (primary N) is 1. The Hall–Kier alpha value is -1.59. The van der Waals surface area contributed by atoms with Crippen molar-refractivity contribution in [2.45, 2.75) is 19.4 Å². The maximum absolute atomic E-state index is 11.7. The minimum absolute atomic E-state index is 0.319. The van der Waals surface area contributed by atoms with E-state index in [1.165, 1.54) is 4.57 Å². The van der Waals surface area contributed by atoms with Crippen LogP contribution in [0.15, 0.2) is 29.1 Å². The van der Waals surface area contributed by atoms with E-state index in [9.17, 15) is 4.79 Å². The zero-order valence-corrected chi connectivity index (χ0v) is 10.3. The lowest BCUT2D eigenvalue weighted by Gasteiger charge is -2.18. The topological polar surface area (TPSA) is 76.7 Å². The fourth-order valence-electron chi connectivity index (χ4n) is 1.56. The van der Waals surface area contributed by atoms with Crippen LogP contribution in [-0.2, 0) is 5.54 Å². The lowest BCUT2D eigenvalue weighted by atomic mass is 10.1. The lowest BCUT2D eigenvalue weighted by molar-refractivity contribution is 0.502. The zero-order valence-electron chi connectivity index (χ0n) is 9.57. The normalized spacial score (nSPS) is 11.8. The predicted octanol–water partition coefficient (Wildman–Crippen LogP) is 1.41. The van der Waals surface area contributed by atoms with Crippen LogP contribution >= 0.6 is 11.6 Å². The summed E-state index contributed by atoms with van der Waals surface area (Å²) in [4.78, 5) is 11.7. The Morgan fingerprint density at radius 1 is 1.35 bits per heavy atom. The molecule has 0 saturated carbocycles. The second-order valence-corrected chi connectivity index (χ2v) is 4.82. The fourth-order valence-corrected chi connectivity index (χ4v) is 1.68. The van der Waals surface area contributed by atoms with Gasteiger partial charge in [-0.3, -0.25) is 0 Å². The molecule has 2 rings (SSSR count). The van der Waals surface area contributed by atoms with Gasteiger partial charge in [0.25, 0.3) is 0 Å². The minimum Gasteiger partial charge on any atom is -0.319 e. The quantitative estimate of drug-likeness (QED) is 0.848. The van der Waals surface area contributed by atoms with E-state index in [-0.39, 0.29) is 5.69 Å². The highest BCUT2D eigenvalue weighted by atomic mass is 35.5. The molecule has 2 aromatic rings. The van der Waals surface area contributed by atoms with Gasteiger partial charge in [0.15, 0.2) is 5.82 Å². The second-order valence-electron chi connectivity index (χ2n) is 4.39. The molecule has 0 saturated heterocycles. The number of hydrogen-bond acceptors (Lipinski definition) is 3. The molecule has 0 radical (unpaired) electrons. The van der Waals surface area contributed by atoms with Crippen molar-refractivity contribution >= 4 is 11.6 Å². The number of nitrogens with one attached hydrogen (secondary N) is 1. The molecule has 0 fully saturated rings. The molecule has 0 atom stereocenters. The van der Waals surface area contributed by atoms with Gasteiger partial charge in [0, 0.05) is 5.02 Å². The second kappa shape index (κ2) is 4.01. The van der Waals surface area contributed by atoms with Crippen LogP contribution in [0.4, 0.5) is 0 Å². The van der Waals surface area contributed by atoms with Gasteiger partial charge >= 0.3 is 5.69 Å². The van der Waals surface area contributed by atoms with Gasteiger partial charge < -0.3 is 5.73 Å². The molecule has 1 aromatic carbocycles. The molecular weight excluding hydrogens is 240 g/mol. The van der Waals surface area contributed by atoms with E-state index in [2.05, 4.69) is 10.2 Å². The number of H-pyrrole nitrogens is 1. The van der Waals surface area contributed by atoms with Crippen molar-refractivity contribution in [2.75, 3.05) is 0 Å². The number of hydrogen-bond donors (Lipinski definition) is 2. The Morgan fingerprint density at radius 2 is 1.94 bits per heavy atom. The van der Waals surface area contributed by atoms with Crippen LogP contribution in [0.1, 0.15) is 19.7 Å². The molecule has 0 amide bonds. The van der Waals surface area contributed by atoms with Crippen molar-refractivity contribution in [3.8, 4) is 5.69 Å². The van der Waals surface area contributed by atoms with Gasteiger partial charge in [0.2, 0.25) is 0 Å². The molecule has 1 aromatic heterocycles. The first-order chi connectivity index (χ1) is 7.89. The van der Waals surface area contributed by atoms with Gasteiger partial charge in [0.1, 0.15) is 0 Å². The Bertz CT molecular complexity index is 577. The molecule has 0 aliphatic carbocycles. The Kier molecular flexibility index (Phi) is 2.81. The number of halogens is 1.